The molecule has 5 heteroatoms. The average Bonchev–Trinajstić information content (AvgIpc) is 3.16. The van der Waals surface area contributed by atoms with Gasteiger partial charge in [-0.05, 0) is 24.8 Å². The number of halogens is 2. The van der Waals surface area contributed by atoms with Gasteiger partial charge in [-0.1, -0.05) is 6.07 Å². The van der Waals surface area contributed by atoms with E-state index in [9.17, 15) is 13.6 Å². The highest BCUT2D eigenvalue weighted by atomic mass is 19.1. The molecule has 0 spiro atoms. The minimum Gasteiger partial charge on any atom is -0.468 e. The molecule has 0 radical (unpaired) electrons. The Labute approximate surface area is 104 Å². The van der Waals surface area contributed by atoms with Crippen molar-refractivity contribution in [3.05, 3.63) is 35.4 Å². The highest BCUT2D eigenvalue weighted by Crippen LogP contribution is 2.33. The Balaban J connectivity index is 1.98. The van der Waals surface area contributed by atoms with Crippen LogP contribution < -0.4 is 5.32 Å². The lowest BCUT2D eigenvalue weighted by molar-refractivity contribution is -0.143. The molecule has 3 nitrogen and oxygen atoms in total. The van der Waals surface area contributed by atoms with Crippen molar-refractivity contribution in [3.63, 3.8) is 0 Å². The lowest BCUT2D eigenvalue weighted by Gasteiger charge is -2.15. The van der Waals surface area contributed by atoms with E-state index in [0.717, 1.165) is 18.9 Å². The van der Waals surface area contributed by atoms with Crippen molar-refractivity contribution in [2.24, 2.45) is 5.92 Å². The molecule has 0 saturated heterocycles. The van der Waals surface area contributed by atoms with Crippen LogP contribution in [-0.2, 0) is 16.1 Å². The van der Waals surface area contributed by atoms with E-state index >= 15 is 0 Å². The fourth-order valence-electron chi connectivity index (χ4n) is 1.88. The summed E-state index contributed by atoms with van der Waals surface area (Å²) in [6.45, 7) is 0.183. The number of carbonyl (C=O) groups excluding carboxylic acids is 1. The second-order valence-corrected chi connectivity index (χ2v) is 4.45. The van der Waals surface area contributed by atoms with Crippen molar-refractivity contribution in [1.29, 1.82) is 0 Å². The summed E-state index contributed by atoms with van der Waals surface area (Å²) < 4.78 is 30.8. The number of benzene rings is 1. The van der Waals surface area contributed by atoms with Gasteiger partial charge in [-0.2, -0.15) is 0 Å². The molecule has 1 aromatic rings. The molecule has 1 saturated carbocycles. The number of ether oxygens (including phenoxy) is 1. The maximum atomic E-state index is 13.4. The van der Waals surface area contributed by atoms with E-state index in [4.69, 9.17) is 4.74 Å². The highest BCUT2D eigenvalue weighted by molar-refractivity contribution is 5.76. The standard InChI is InChI=1S/C13H15F2NO2/c1-18-13(17)12(8-2-3-8)16-7-9-4-5-10(14)6-11(9)15/h4-6,8,12,16H,2-3,7H2,1H3. The number of carbonyl (C=O) groups is 1. The minimum absolute atomic E-state index is 0.183. The summed E-state index contributed by atoms with van der Waals surface area (Å²) in [5.41, 5.74) is 0.339. The van der Waals surface area contributed by atoms with Gasteiger partial charge in [0.2, 0.25) is 0 Å². The van der Waals surface area contributed by atoms with E-state index < -0.39 is 17.7 Å². The summed E-state index contributed by atoms with van der Waals surface area (Å²) in [7, 11) is 1.33. The predicted molar refractivity (Wildman–Crippen MR) is 61.7 cm³/mol. The quantitative estimate of drug-likeness (QED) is 0.818. The molecule has 0 bridgehead atoms. The molecule has 98 valence electrons. The Morgan fingerprint density at radius 2 is 2.22 bits per heavy atom. The first kappa shape index (κ1) is 13.0. The first-order valence-corrected chi connectivity index (χ1v) is 5.87. The Hall–Kier alpha value is -1.49. The van der Waals surface area contributed by atoms with E-state index in [1.165, 1.54) is 19.2 Å². The molecule has 1 aliphatic rings. The largest absolute Gasteiger partial charge is 0.468 e. The van der Waals surface area contributed by atoms with Crippen molar-refractivity contribution in [3.8, 4) is 0 Å². The summed E-state index contributed by atoms with van der Waals surface area (Å²) in [6, 6.07) is 3.00. The SMILES string of the molecule is COC(=O)C(NCc1ccc(F)cc1F)C1CC1. The first-order chi connectivity index (χ1) is 8.61. The van der Waals surface area contributed by atoms with Gasteiger partial charge in [-0.25, -0.2) is 8.78 Å². The van der Waals surface area contributed by atoms with Gasteiger partial charge in [0.15, 0.2) is 0 Å². The average molecular weight is 255 g/mol. The van der Waals surface area contributed by atoms with Crippen LogP contribution >= 0.6 is 0 Å². The van der Waals surface area contributed by atoms with Crippen LogP contribution in [0.5, 0.6) is 0 Å². The van der Waals surface area contributed by atoms with Gasteiger partial charge in [-0.15, -0.1) is 0 Å². The van der Waals surface area contributed by atoms with Crippen LogP contribution in [0.15, 0.2) is 18.2 Å². The number of hydrogen-bond donors (Lipinski definition) is 1. The Morgan fingerprint density at radius 1 is 1.50 bits per heavy atom. The molecular weight excluding hydrogens is 240 g/mol. The molecule has 1 atom stereocenters. The molecule has 1 unspecified atom stereocenters. The molecule has 1 aliphatic carbocycles. The smallest absolute Gasteiger partial charge is 0.323 e. The van der Waals surface area contributed by atoms with Gasteiger partial charge in [0.1, 0.15) is 17.7 Å². The van der Waals surface area contributed by atoms with Crippen LogP contribution in [0.1, 0.15) is 18.4 Å². The molecule has 0 amide bonds. The maximum absolute atomic E-state index is 13.4. The van der Waals surface area contributed by atoms with Crippen molar-refractivity contribution in [2.75, 3.05) is 7.11 Å². The Morgan fingerprint density at radius 3 is 2.78 bits per heavy atom. The van der Waals surface area contributed by atoms with E-state index in [0.29, 0.717) is 5.56 Å². The second kappa shape index (κ2) is 5.44. The third-order valence-electron chi connectivity index (χ3n) is 3.08. The molecule has 0 aliphatic heterocycles. The van der Waals surface area contributed by atoms with Crippen LogP contribution in [0, 0.1) is 17.6 Å². The predicted octanol–water partition coefficient (Wildman–Crippen LogP) is 2.01. The summed E-state index contributed by atoms with van der Waals surface area (Å²) >= 11 is 0. The molecule has 0 heterocycles. The van der Waals surface area contributed by atoms with Crippen LogP contribution in [0.2, 0.25) is 0 Å². The number of methoxy groups -OCH3 is 1. The van der Waals surface area contributed by atoms with E-state index in [1.54, 1.807) is 0 Å². The topological polar surface area (TPSA) is 38.3 Å². The van der Waals surface area contributed by atoms with Crippen LogP contribution in [0.4, 0.5) is 8.78 Å². The molecule has 1 fully saturated rings. The fraction of sp³-hybridized carbons (Fsp3) is 0.462. The first-order valence-electron chi connectivity index (χ1n) is 5.87. The van der Waals surface area contributed by atoms with Gasteiger partial charge in [-0.3, -0.25) is 10.1 Å². The van der Waals surface area contributed by atoms with Crippen LogP contribution in [0.25, 0.3) is 0 Å². The van der Waals surface area contributed by atoms with Crippen molar-refractivity contribution >= 4 is 5.97 Å². The monoisotopic (exact) mass is 255 g/mol. The van der Waals surface area contributed by atoms with Gasteiger partial charge >= 0.3 is 5.97 Å². The van der Waals surface area contributed by atoms with Crippen molar-refractivity contribution < 1.29 is 18.3 Å². The van der Waals surface area contributed by atoms with Crippen LogP contribution in [0.3, 0.4) is 0 Å². The zero-order chi connectivity index (χ0) is 13.1. The fourth-order valence-corrected chi connectivity index (χ4v) is 1.88. The van der Waals surface area contributed by atoms with Gasteiger partial charge < -0.3 is 4.74 Å². The van der Waals surface area contributed by atoms with Crippen molar-refractivity contribution in [1.82, 2.24) is 5.32 Å². The molecule has 1 aromatic carbocycles. The summed E-state index contributed by atoms with van der Waals surface area (Å²) in [5, 5.41) is 2.97. The summed E-state index contributed by atoms with van der Waals surface area (Å²) in [5.74, 6) is -1.29. The lowest BCUT2D eigenvalue weighted by Crippen LogP contribution is -2.39. The highest BCUT2D eigenvalue weighted by Gasteiger charge is 2.36. The molecular formula is C13H15F2NO2. The minimum atomic E-state index is -0.609. The number of nitrogens with one attached hydrogen (secondary N) is 1. The number of esters is 1. The number of rotatable bonds is 5. The summed E-state index contributed by atoms with van der Waals surface area (Å²) in [4.78, 5) is 11.5. The van der Waals surface area contributed by atoms with Crippen molar-refractivity contribution in [2.45, 2.75) is 25.4 Å². The Bertz CT molecular complexity index is 447. The zero-order valence-electron chi connectivity index (χ0n) is 10.1. The Kier molecular flexibility index (Phi) is 3.91. The van der Waals surface area contributed by atoms with E-state index in [-0.39, 0.29) is 18.4 Å². The maximum Gasteiger partial charge on any atom is 0.323 e. The second-order valence-electron chi connectivity index (χ2n) is 4.45. The van der Waals surface area contributed by atoms with Gasteiger partial charge in [0.05, 0.1) is 7.11 Å². The number of hydrogen-bond acceptors (Lipinski definition) is 3. The lowest BCUT2D eigenvalue weighted by atomic mass is 10.1. The summed E-state index contributed by atoms with van der Waals surface area (Å²) in [6.07, 6.45) is 1.94. The van der Waals surface area contributed by atoms with Gasteiger partial charge in [0.25, 0.3) is 0 Å². The third kappa shape index (κ3) is 3.04. The van der Waals surface area contributed by atoms with E-state index in [1.807, 2.05) is 0 Å². The van der Waals surface area contributed by atoms with Crippen LogP contribution in [-0.4, -0.2) is 19.1 Å². The van der Waals surface area contributed by atoms with Gasteiger partial charge in [0, 0.05) is 18.2 Å². The van der Waals surface area contributed by atoms with E-state index in [2.05, 4.69) is 5.32 Å². The molecule has 0 aromatic heterocycles. The third-order valence-corrected chi connectivity index (χ3v) is 3.08. The zero-order valence-corrected chi connectivity index (χ0v) is 10.1. The molecule has 1 N–H and O–H groups in total. The normalized spacial score (nSPS) is 16.4. The molecule has 18 heavy (non-hydrogen) atoms. The molecule has 2 rings (SSSR count).